The molecule has 0 fully saturated rings. The van der Waals surface area contributed by atoms with Gasteiger partial charge in [-0.3, -0.25) is 10.1 Å². The first-order valence-electron chi connectivity index (χ1n) is 8.85. The number of carbonyl (C=O) groups excluding carboxylic acids is 1. The maximum Gasteiger partial charge on any atom is 0.338 e. The molecule has 148 valence electrons. The Morgan fingerprint density at radius 1 is 1.14 bits per heavy atom. The number of nitro groups is 1. The Labute approximate surface area is 167 Å². The van der Waals surface area contributed by atoms with Gasteiger partial charge < -0.3 is 14.8 Å². The number of rotatable bonds is 7. The predicted molar refractivity (Wildman–Crippen MR) is 109 cm³/mol. The highest BCUT2D eigenvalue weighted by Crippen LogP contribution is 2.32. The van der Waals surface area contributed by atoms with Crippen LogP contribution in [0.15, 0.2) is 60.8 Å². The number of carbonyl (C=O) groups is 1. The molecule has 0 radical (unpaired) electrons. The van der Waals surface area contributed by atoms with Gasteiger partial charge in [-0.05, 0) is 54.4 Å². The monoisotopic (exact) mass is 393 g/mol. The van der Waals surface area contributed by atoms with Gasteiger partial charge in [0.05, 0.1) is 24.2 Å². The Bertz CT molecular complexity index is 1050. The average Bonchev–Trinajstić information content (AvgIpc) is 2.74. The van der Waals surface area contributed by atoms with Crippen molar-refractivity contribution in [2.45, 2.75) is 6.92 Å². The van der Waals surface area contributed by atoms with E-state index in [0.717, 1.165) is 5.56 Å². The number of hydrogen-bond acceptors (Lipinski definition) is 7. The summed E-state index contributed by atoms with van der Waals surface area (Å²) in [5.41, 5.74) is 2.39. The predicted octanol–water partition coefficient (Wildman–Crippen LogP) is 4.59. The van der Waals surface area contributed by atoms with Crippen molar-refractivity contribution >= 4 is 23.2 Å². The molecule has 1 N–H and O–H groups in total. The second-order valence-electron chi connectivity index (χ2n) is 6.00. The van der Waals surface area contributed by atoms with E-state index in [1.54, 1.807) is 61.7 Å². The Morgan fingerprint density at radius 2 is 1.93 bits per heavy atom. The molecule has 0 saturated carbocycles. The van der Waals surface area contributed by atoms with Crippen LogP contribution in [0.2, 0.25) is 0 Å². The number of ether oxygens (including phenoxy) is 2. The Hall–Kier alpha value is -3.94. The Kier molecular flexibility index (Phi) is 6.03. The Balaban J connectivity index is 1.87. The van der Waals surface area contributed by atoms with Crippen LogP contribution in [-0.4, -0.2) is 29.6 Å². The first kappa shape index (κ1) is 19.8. The summed E-state index contributed by atoms with van der Waals surface area (Å²) in [6, 6.07) is 15.2. The number of pyridine rings is 1. The standard InChI is InChI=1S/C21H19N3O5/c1-3-29-21(25)16-5-4-6-17(11-16)23-20-13-15(9-10-22-20)14-7-8-19(28-2)18(12-14)24(26)27/h4-13H,3H2,1-2H3,(H,22,23). The third kappa shape index (κ3) is 4.67. The van der Waals surface area contributed by atoms with Crippen LogP contribution in [0.4, 0.5) is 17.2 Å². The zero-order chi connectivity index (χ0) is 20.8. The van der Waals surface area contributed by atoms with E-state index < -0.39 is 10.9 Å². The second kappa shape index (κ2) is 8.83. The molecule has 0 unspecified atom stereocenters. The SMILES string of the molecule is CCOC(=O)c1cccc(Nc2cc(-c3ccc(OC)c([N+](=O)[O-])c3)ccn2)c1. The van der Waals surface area contributed by atoms with E-state index >= 15 is 0 Å². The van der Waals surface area contributed by atoms with Crippen LogP contribution in [0, 0.1) is 10.1 Å². The lowest BCUT2D eigenvalue weighted by Gasteiger charge is -2.10. The van der Waals surface area contributed by atoms with Crippen LogP contribution in [0.25, 0.3) is 11.1 Å². The van der Waals surface area contributed by atoms with Crippen LogP contribution in [0.1, 0.15) is 17.3 Å². The minimum atomic E-state index is -0.483. The van der Waals surface area contributed by atoms with Gasteiger partial charge in [-0.25, -0.2) is 9.78 Å². The molecule has 0 bridgehead atoms. The maximum atomic E-state index is 11.9. The molecular formula is C21H19N3O5. The zero-order valence-corrected chi connectivity index (χ0v) is 15.9. The summed E-state index contributed by atoms with van der Waals surface area (Å²) in [5.74, 6) is 0.326. The number of methoxy groups -OCH3 is 1. The molecule has 1 aromatic heterocycles. The van der Waals surface area contributed by atoms with Crippen molar-refractivity contribution in [1.82, 2.24) is 4.98 Å². The molecular weight excluding hydrogens is 374 g/mol. The summed E-state index contributed by atoms with van der Waals surface area (Å²) < 4.78 is 10.1. The first-order valence-corrected chi connectivity index (χ1v) is 8.85. The van der Waals surface area contributed by atoms with Gasteiger partial charge in [0, 0.05) is 18.0 Å². The molecule has 2 aromatic carbocycles. The van der Waals surface area contributed by atoms with E-state index in [2.05, 4.69) is 10.3 Å². The largest absolute Gasteiger partial charge is 0.490 e. The highest BCUT2D eigenvalue weighted by atomic mass is 16.6. The fourth-order valence-corrected chi connectivity index (χ4v) is 2.78. The van der Waals surface area contributed by atoms with E-state index in [0.29, 0.717) is 29.2 Å². The topological polar surface area (TPSA) is 104 Å². The van der Waals surface area contributed by atoms with Crippen molar-refractivity contribution in [3.05, 3.63) is 76.5 Å². The fourth-order valence-electron chi connectivity index (χ4n) is 2.78. The van der Waals surface area contributed by atoms with Gasteiger partial charge in [-0.2, -0.15) is 0 Å². The normalized spacial score (nSPS) is 10.3. The molecule has 8 nitrogen and oxygen atoms in total. The minimum absolute atomic E-state index is 0.113. The molecule has 29 heavy (non-hydrogen) atoms. The van der Waals surface area contributed by atoms with Gasteiger partial charge in [0.25, 0.3) is 0 Å². The van der Waals surface area contributed by atoms with Gasteiger partial charge in [-0.1, -0.05) is 12.1 Å². The van der Waals surface area contributed by atoms with E-state index in [1.165, 1.54) is 13.2 Å². The van der Waals surface area contributed by atoms with Gasteiger partial charge in [0.2, 0.25) is 0 Å². The van der Waals surface area contributed by atoms with Crippen molar-refractivity contribution < 1.29 is 19.2 Å². The van der Waals surface area contributed by atoms with Gasteiger partial charge >= 0.3 is 11.7 Å². The molecule has 1 heterocycles. The average molecular weight is 393 g/mol. The molecule has 0 atom stereocenters. The third-order valence-electron chi connectivity index (χ3n) is 4.11. The number of anilines is 2. The van der Waals surface area contributed by atoms with Crippen molar-refractivity contribution in [3.63, 3.8) is 0 Å². The molecule has 0 spiro atoms. The van der Waals surface area contributed by atoms with Crippen LogP contribution in [0.3, 0.4) is 0 Å². The number of nitrogens with zero attached hydrogens (tertiary/aromatic N) is 2. The highest BCUT2D eigenvalue weighted by Gasteiger charge is 2.16. The van der Waals surface area contributed by atoms with Crippen LogP contribution < -0.4 is 10.1 Å². The zero-order valence-electron chi connectivity index (χ0n) is 15.9. The molecule has 3 rings (SSSR count). The van der Waals surface area contributed by atoms with Gasteiger partial charge in [0.1, 0.15) is 5.82 Å². The lowest BCUT2D eigenvalue weighted by molar-refractivity contribution is -0.385. The van der Waals surface area contributed by atoms with Crippen LogP contribution in [-0.2, 0) is 4.74 Å². The molecule has 0 aliphatic heterocycles. The van der Waals surface area contributed by atoms with E-state index in [4.69, 9.17) is 9.47 Å². The first-order chi connectivity index (χ1) is 14.0. The Morgan fingerprint density at radius 3 is 2.66 bits per heavy atom. The minimum Gasteiger partial charge on any atom is -0.490 e. The summed E-state index contributed by atoms with van der Waals surface area (Å²) >= 11 is 0. The van der Waals surface area contributed by atoms with E-state index in [-0.39, 0.29) is 11.4 Å². The number of esters is 1. The molecule has 0 aliphatic carbocycles. The summed E-state index contributed by atoms with van der Waals surface area (Å²) in [6.07, 6.45) is 1.60. The summed E-state index contributed by atoms with van der Waals surface area (Å²) in [5, 5.41) is 14.4. The van der Waals surface area contributed by atoms with E-state index in [9.17, 15) is 14.9 Å². The number of aromatic nitrogens is 1. The third-order valence-corrected chi connectivity index (χ3v) is 4.11. The maximum absolute atomic E-state index is 11.9. The summed E-state index contributed by atoms with van der Waals surface area (Å²) in [6.45, 7) is 2.05. The van der Waals surface area contributed by atoms with Crippen molar-refractivity contribution in [3.8, 4) is 16.9 Å². The van der Waals surface area contributed by atoms with Gasteiger partial charge in [-0.15, -0.1) is 0 Å². The second-order valence-corrected chi connectivity index (χ2v) is 6.00. The molecule has 0 aliphatic rings. The number of nitro benzene ring substituents is 1. The fraction of sp³-hybridized carbons (Fsp3) is 0.143. The van der Waals surface area contributed by atoms with Crippen molar-refractivity contribution in [1.29, 1.82) is 0 Å². The number of benzene rings is 2. The van der Waals surface area contributed by atoms with Crippen LogP contribution >= 0.6 is 0 Å². The molecule has 8 heteroatoms. The van der Waals surface area contributed by atoms with Crippen LogP contribution in [0.5, 0.6) is 5.75 Å². The lowest BCUT2D eigenvalue weighted by atomic mass is 10.1. The van der Waals surface area contributed by atoms with Crippen molar-refractivity contribution in [2.75, 3.05) is 19.0 Å². The molecule has 3 aromatic rings. The smallest absolute Gasteiger partial charge is 0.338 e. The lowest BCUT2D eigenvalue weighted by Crippen LogP contribution is -2.05. The van der Waals surface area contributed by atoms with Crippen molar-refractivity contribution in [2.24, 2.45) is 0 Å². The summed E-state index contributed by atoms with van der Waals surface area (Å²) in [7, 11) is 1.39. The number of hydrogen-bond donors (Lipinski definition) is 1. The van der Waals surface area contributed by atoms with Gasteiger partial charge in [0.15, 0.2) is 5.75 Å². The van der Waals surface area contributed by atoms with E-state index in [1.807, 2.05) is 0 Å². The quantitative estimate of drug-likeness (QED) is 0.356. The summed E-state index contributed by atoms with van der Waals surface area (Å²) in [4.78, 5) is 27.0. The molecule has 0 saturated heterocycles. The molecule has 0 amide bonds. The number of nitrogens with one attached hydrogen (secondary N) is 1. The highest BCUT2D eigenvalue weighted by molar-refractivity contribution is 5.90.